The van der Waals surface area contributed by atoms with Gasteiger partial charge in [-0.25, -0.2) is 0 Å². The molecular weight excluding hydrogens is 465 g/mol. The first-order chi connectivity index (χ1) is 15.7. The largest absolute Gasteiger partial charge is 0.337 e. The lowest BCUT2D eigenvalue weighted by Gasteiger charge is -2.39. The molecule has 0 spiro atoms. The molecule has 0 saturated carbocycles. The maximum Gasteiger partial charge on any atom is 0.262 e. The number of amides is 4. The predicted molar refractivity (Wildman–Crippen MR) is 125 cm³/mol. The Labute approximate surface area is 201 Å². The monoisotopic (exact) mass is 487 g/mol. The number of halogens is 2. The van der Waals surface area contributed by atoms with Gasteiger partial charge in [0.05, 0.1) is 11.1 Å². The van der Waals surface area contributed by atoms with Crippen molar-refractivity contribution in [3.8, 4) is 0 Å². The number of carbonyl (C=O) groups excluding carboxylic acids is 4. The molecule has 2 heterocycles. The van der Waals surface area contributed by atoms with Crippen molar-refractivity contribution in [2.75, 3.05) is 26.2 Å². The van der Waals surface area contributed by atoms with Crippen molar-refractivity contribution in [2.24, 2.45) is 5.92 Å². The van der Waals surface area contributed by atoms with E-state index in [4.69, 9.17) is 23.2 Å². The van der Waals surface area contributed by atoms with Gasteiger partial charge in [-0.3, -0.25) is 24.1 Å². The molecule has 4 rings (SSSR count). The van der Waals surface area contributed by atoms with E-state index in [1.807, 2.05) is 13.8 Å². The molecule has 0 aromatic heterocycles. The third kappa shape index (κ3) is 4.35. The summed E-state index contributed by atoms with van der Waals surface area (Å²) in [6.07, 6.45) is 0. The molecule has 0 aliphatic carbocycles. The zero-order valence-corrected chi connectivity index (χ0v) is 19.8. The molecule has 2 aliphatic rings. The van der Waals surface area contributed by atoms with Crippen LogP contribution in [0, 0.1) is 5.92 Å². The number of carbonyl (C=O) groups is 4. The lowest BCUT2D eigenvalue weighted by atomic mass is 10.0. The van der Waals surface area contributed by atoms with E-state index in [-0.39, 0.29) is 17.7 Å². The standard InChI is InChI=1S/C24H23Cl2N3O4/c1-14(2)20(29-22(31)18-5-3-4-6-19(18)23(29)32)24(33)28-9-7-27(8-10-28)21(30)15-11-16(25)13-17(26)12-15/h3-6,11-14,20H,7-10H2,1-2H3. The third-order valence-corrected chi connectivity index (χ3v) is 6.41. The van der Waals surface area contributed by atoms with E-state index in [0.29, 0.717) is 52.9 Å². The number of imide groups is 1. The van der Waals surface area contributed by atoms with Crippen LogP contribution in [0.1, 0.15) is 44.9 Å². The summed E-state index contributed by atoms with van der Waals surface area (Å²) < 4.78 is 0. The van der Waals surface area contributed by atoms with Crippen LogP contribution < -0.4 is 0 Å². The summed E-state index contributed by atoms with van der Waals surface area (Å²) >= 11 is 12.0. The molecule has 9 heteroatoms. The van der Waals surface area contributed by atoms with Crippen molar-refractivity contribution in [3.63, 3.8) is 0 Å². The first-order valence-corrected chi connectivity index (χ1v) is 11.5. The second-order valence-corrected chi connectivity index (χ2v) is 9.36. The normalized spacial score (nSPS) is 16.9. The Balaban J connectivity index is 1.47. The van der Waals surface area contributed by atoms with Crippen LogP contribution in [0.2, 0.25) is 10.0 Å². The van der Waals surface area contributed by atoms with Gasteiger partial charge in [-0.1, -0.05) is 49.2 Å². The number of fused-ring (bicyclic) bond motifs is 1. The zero-order chi connectivity index (χ0) is 23.9. The van der Waals surface area contributed by atoms with Crippen LogP contribution in [0.4, 0.5) is 0 Å². The van der Waals surface area contributed by atoms with Gasteiger partial charge in [-0.2, -0.15) is 0 Å². The molecule has 172 valence electrons. The molecular formula is C24H23Cl2N3O4. The fraction of sp³-hybridized carbons (Fsp3) is 0.333. The Kier molecular flexibility index (Phi) is 6.45. The second-order valence-electron chi connectivity index (χ2n) is 8.49. The predicted octanol–water partition coefficient (Wildman–Crippen LogP) is 3.60. The highest BCUT2D eigenvalue weighted by Gasteiger charge is 2.45. The van der Waals surface area contributed by atoms with Gasteiger partial charge >= 0.3 is 0 Å². The van der Waals surface area contributed by atoms with Crippen molar-refractivity contribution in [2.45, 2.75) is 19.9 Å². The Morgan fingerprint density at radius 1 is 0.818 bits per heavy atom. The molecule has 0 N–H and O–H groups in total. The minimum atomic E-state index is -0.911. The maximum absolute atomic E-state index is 13.4. The molecule has 1 fully saturated rings. The summed E-state index contributed by atoms with van der Waals surface area (Å²) in [5.41, 5.74) is 1.02. The molecule has 1 atom stereocenters. The highest BCUT2D eigenvalue weighted by Crippen LogP contribution is 2.28. The van der Waals surface area contributed by atoms with E-state index in [9.17, 15) is 19.2 Å². The van der Waals surface area contributed by atoms with E-state index in [2.05, 4.69) is 0 Å². The fourth-order valence-corrected chi connectivity index (χ4v) is 4.86. The summed E-state index contributed by atoms with van der Waals surface area (Å²) in [4.78, 5) is 56.5. The molecule has 0 bridgehead atoms. The summed E-state index contributed by atoms with van der Waals surface area (Å²) in [6, 6.07) is 10.4. The Bertz CT molecular complexity index is 1090. The van der Waals surface area contributed by atoms with E-state index in [0.717, 1.165) is 4.90 Å². The second kappa shape index (κ2) is 9.15. The lowest BCUT2D eigenvalue weighted by Crippen LogP contribution is -2.58. The maximum atomic E-state index is 13.4. The van der Waals surface area contributed by atoms with Crippen molar-refractivity contribution in [1.29, 1.82) is 0 Å². The van der Waals surface area contributed by atoms with E-state index < -0.39 is 17.9 Å². The summed E-state index contributed by atoms with van der Waals surface area (Å²) in [6.45, 7) is 4.86. The minimum absolute atomic E-state index is 0.216. The van der Waals surface area contributed by atoms with Crippen LogP contribution >= 0.6 is 23.2 Å². The van der Waals surface area contributed by atoms with E-state index in [1.54, 1.807) is 52.3 Å². The fourth-order valence-electron chi connectivity index (χ4n) is 4.33. The van der Waals surface area contributed by atoms with Crippen molar-refractivity contribution >= 4 is 46.8 Å². The van der Waals surface area contributed by atoms with Crippen LogP contribution in [0.15, 0.2) is 42.5 Å². The molecule has 2 aromatic rings. The van der Waals surface area contributed by atoms with Gasteiger partial charge in [0.25, 0.3) is 17.7 Å². The lowest BCUT2D eigenvalue weighted by molar-refractivity contribution is -0.138. The molecule has 1 unspecified atom stereocenters. The van der Waals surface area contributed by atoms with Crippen LogP contribution in [0.25, 0.3) is 0 Å². The van der Waals surface area contributed by atoms with Crippen molar-refractivity contribution in [3.05, 3.63) is 69.2 Å². The molecule has 2 aromatic carbocycles. The minimum Gasteiger partial charge on any atom is -0.337 e. The van der Waals surface area contributed by atoms with Gasteiger partial charge in [-0.15, -0.1) is 0 Å². The average Bonchev–Trinajstić information content (AvgIpc) is 3.03. The molecule has 7 nitrogen and oxygen atoms in total. The zero-order valence-electron chi connectivity index (χ0n) is 18.3. The Morgan fingerprint density at radius 3 is 1.79 bits per heavy atom. The molecule has 4 amide bonds. The summed E-state index contributed by atoms with van der Waals surface area (Å²) in [5.74, 6) is -1.68. The quantitative estimate of drug-likeness (QED) is 0.617. The molecule has 0 radical (unpaired) electrons. The number of rotatable bonds is 4. The number of piperazine rings is 1. The molecule has 33 heavy (non-hydrogen) atoms. The first kappa shape index (κ1) is 23.3. The highest BCUT2D eigenvalue weighted by atomic mass is 35.5. The molecule has 2 aliphatic heterocycles. The van der Waals surface area contributed by atoms with Crippen LogP contribution in [-0.2, 0) is 4.79 Å². The first-order valence-electron chi connectivity index (χ1n) is 10.7. The smallest absolute Gasteiger partial charge is 0.262 e. The summed E-state index contributed by atoms with van der Waals surface area (Å²) in [7, 11) is 0. The Hall–Kier alpha value is -2.90. The SMILES string of the molecule is CC(C)C(C(=O)N1CCN(C(=O)c2cc(Cl)cc(Cl)c2)CC1)N1C(=O)c2ccccc2C1=O. The third-order valence-electron chi connectivity index (χ3n) is 5.98. The van der Waals surface area contributed by atoms with Crippen LogP contribution in [-0.4, -0.2) is 70.5 Å². The topological polar surface area (TPSA) is 78.0 Å². The Morgan fingerprint density at radius 2 is 1.30 bits per heavy atom. The van der Waals surface area contributed by atoms with Gasteiger partial charge in [0, 0.05) is 41.8 Å². The molecule has 1 saturated heterocycles. The number of hydrogen-bond acceptors (Lipinski definition) is 4. The van der Waals surface area contributed by atoms with Gasteiger partial charge in [-0.05, 0) is 36.2 Å². The summed E-state index contributed by atoms with van der Waals surface area (Å²) in [5, 5.41) is 0.751. The average molecular weight is 488 g/mol. The number of hydrogen-bond donors (Lipinski definition) is 0. The number of benzene rings is 2. The van der Waals surface area contributed by atoms with Crippen molar-refractivity contribution < 1.29 is 19.2 Å². The van der Waals surface area contributed by atoms with Crippen LogP contribution in [0.3, 0.4) is 0 Å². The van der Waals surface area contributed by atoms with Crippen LogP contribution in [0.5, 0.6) is 0 Å². The highest BCUT2D eigenvalue weighted by molar-refractivity contribution is 6.35. The van der Waals surface area contributed by atoms with Gasteiger partial charge in [0.15, 0.2) is 0 Å². The van der Waals surface area contributed by atoms with Gasteiger partial charge < -0.3 is 9.80 Å². The number of nitrogens with zero attached hydrogens (tertiary/aromatic N) is 3. The van der Waals surface area contributed by atoms with E-state index in [1.165, 1.54) is 0 Å². The van der Waals surface area contributed by atoms with E-state index >= 15 is 0 Å². The van der Waals surface area contributed by atoms with Crippen molar-refractivity contribution in [1.82, 2.24) is 14.7 Å². The van der Waals surface area contributed by atoms with Gasteiger partial charge in [0.1, 0.15) is 6.04 Å². The van der Waals surface area contributed by atoms with Gasteiger partial charge in [0.2, 0.25) is 5.91 Å².